The van der Waals surface area contributed by atoms with Gasteiger partial charge >= 0.3 is 6.03 Å². The molecule has 0 radical (unpaired) electrons. The smallest absolute Gasteiger partial charge is 0.321 e. The minimum atomic E-state index is -0.494. The Kier molecular flexibility index (Phi) is 5.85. The van der Waals surface area contributed by atoms with Gasteiger partial charge in [-0.15, -0.1) is 10.2 Å². The Morgan fingerprint density at radius 3 is 2.82 bits per heavy atom. The highest BCUT2D eigenvalue weighted by atomic mass is 32.1. The van der Waals surface area contributed by atoms with Crippen molar-refractivity contribution in [3.63, 3.8) is 0 Å². The molecule has 2 amide bonds. The number of carbonyl (C=O) groups excluding carboxylic acids is 1. The summed E-state index contributed by atoms with van der Waals surface area (Å²) in [5, 5.41) is 23.7. The summed E-state index contributed by atoms with van der Waals surface area (Å²) in [6.07, 6.45) is 1.88. The number of urea groups is 1. The van der Waals surface area contributed by atoms with Crippen LogP contribution in [-0.2, 0) is 6.42 Å². The van der Waals surface area contributed by atoms with Gasteiger partial charge in [0.05, 0.1) is 6.10 Å². The molecule has 1 unspecified atom stereocenters. The van der Waals surface area contributed by atoms with Crippen LogP contribution in [0.25, 0.3) is 0 Å². The molecule has 0 aliphatic heterocycles. The van der Waals surface area contributed by atoms with Crippen LogP contribution < -0.4 is 10.6 Å². The van der Waals surface area contributed by atoms with Crippen molar-refractivity contribution in [2.45, 2.75) is 39.2 Å². The minimum absolute atomic E-state index is 0.249. The third kappa shape index (κ3) is 5.10. The number of nitrogens with one attached hydrogen (secondary N) is 2. The van der Waals surface area contributed by atoms with Gasteiger partial charge < -0.3 is 10.4 Å². The third-order valence-electron chi connectivity index (χ3n) is 2.11. The van der Waals surface area contributed by atoms with Crippen molar-refractivity contribution in [2.24, 2.45) is 0 Å². The lowest BCUT2D eigenvalue weighted by atomic mass is 10.2. The van der Waals surface area contributed by atoms with E-state index in [1.165, 1.54) is 11.3 Å². The first-order chi connectivity index (χ1) is 8.15. The van der Waals surface area contributed by atoms with E-state index in [1.807, 2.05) is 13.8 Å². The zero-order valence-electron chi connectivity index (χ0n) is 10.1. The van der Waals surface area contributed by atoms with Crippen molar-refractivity contribution >= 4 is 22.5 Å². The summed E-state index contributed by atoms with van der Waals surface area (Å²) >= 11 is 1.35. The second kappa shape index (κ2) is 7.18. The Morgan fingerprint density at radius 2 is 2.24 bits per heavy atom. The van der Waals surface area contributed by atoms with E-state index in [-0.39, 0.29) is 12.6 Å². The minimum Gasteiger partial charge on any atom is -0.391 e. The highest BCUT2D eigenvalue weighted by Gasteiger charge is 2.08. The number of aliphatic hydroxyl groups is 1. The topological polar surface area (TPSA) is 87.1 Å². The summed E-state index contributed by atoms with van der Waals surface area (Å²) in [7, 11) is 0. The van der Waals surface area contributed by atoms with Gasteiger partial charge in [-0.25, -0.2) is 4.79 Å². The number of carbonyl (C=O) groups is 1. The normalized spacial score (nSPS) is 12.2. The molecule has 6 nitrogen and oxygen atoms in total. The van der Waals surface area contributed by atoms with E-state index in [2.05, 4.69) is 20.8 Å². The van der Waals surface area contributed by atoms with Crippen molar-refractivity contribution in [1.82, 2.24) is 15.5 Å². The average Bonchev–Trinajstić information content (AvgIpc) is 2.74. The maximum Gasteiger partial charge on any atom is 0.321 e. The molecule has 0 aromatic carbocycles. The monoisotopic (exact) mass is 258 g/mol. The number of amides is 2. The molecule has 17 heavy (non-hydrogen) atoms. The number of aryl methyl sites for hydroxylation is 1. The zero-order chi connectivity index (χ0) is 12.7. The Labute approximate surface area is 104 Å². The Balaban J connectivity index is 2.29. The third-order valence-corrected chi connectivity index (χ3v) is 3.09. The molecule has 0 bridgehead atoms. The van der Waals surface area contributed by atoms with Gasteiger partial charge in [0.15, 0.2) is 0 Å². The molecule has 1 heterocycles. The van der Waals surface area contributed by atoms with Gasteiger partial charge in [-0.05, 0) is 12.8 Å². The first-order valence-electron chi connectivity index (χ1n) is 5.71. The van der Waals surface area contributed by atoms with Gasteiger partial charge in [0.2, 0.25) is 5.13 Å². The molecule has 1 rings (SSSR count). The van der Waals surface area contributed by atoms with Gasteiger partial charge in [-0.3, -0.25) is 5.32 Å². The molecule has 1 aromatic rings. The second-order valence-electron chi connectivity index (χ2n) is 3.63. The first kappa shape index (κ1) is 13.9. The second-order valence-corrected chi connectivity index (χ2v) is 4.69. The largest absolute Gasteiger partial charge is 0.391 e. The number of hydrogen-bond acceptors (Lipinski definition) is 5. The average molecular weight is 258 g/mol. The van der Waals surface area contributed by atoms with Crippen molar-refractivity contribution in [3.05, 3.63) is 5.01 Å². The molecule has 0 saturated heterocycles. The van der Waals surface area contributed by atoms with Crippen LogP contribution in [0, 0.1) is 0 Å². The zero-order valence-corrected chi connectivity index (χ0v) is 10.9. The number of rotatable bonds is 6. The quantitative estimate of drug-likeness (QED) is 0.719. The Hall–Kier alpha value is -1.21. The first-order valence-corrected chi connectivity index (χ1v) is 6.52. The SMILES string of the molecule is CCCC(O)CNC(=O)Nc1nnc(CC)s1. The van der Waals surface area contributed by atoms with E-state index < -0.39 is 6.10 Å². The van der Waals surface area contributed by atoms with Crippen LogP contribution >= 0.6 is 11.3 Å². The van der Waals surface area contributed by atoms with E-state index in [0.717, 1.165) is 17.8 Å². The maximum absolute atomic E-state index is 11.4. The van der Waals surface area contributed by atoms with Crippen molar-refractivity contribution in [2.75, 3.05) is 11.9 Å². The van der Waals surface area contributed by atoms with Crippen molar-refractivity contribution in [1.29, 1.82) is 0 Å². The molecule has 96 valence electrons. The summed E-state index contributed by atoms with van der Waals surface area (Å²) in [5.74, 6) is 0. The Morgan fingerprint density at radius 1 is 1.47 bits per heavy atom. The summed E-state index contributed by atoms with van der Waals surface area (Å²) in [6.45, 7) is 4.21. The number of aromatic nitrogens is 2. The van der Waals surface area contributed by atoms with E-state index in [4.69, 9.17) is 0 Å². The molecule has 3 N–H and O–H groups in total. The molecule has 0 aliphatic carbocycles. The van der Waals surface area contributed by atoms with Crippen LogP contribution in [0.3, 0.4) is 0 Å². The van der Waals surface area contributed by atoms with E-state index in [1.54, 1.807) is 0 Å². The predicted octanol–water partition coefficient (Wildman–Crippen LogP) is 1.38. The lowest BCUT2D eigenvalue weighted by molar-refractivity contribution is 0.162. The molecule has 0 fully saturated rings. The van der Waals surface area contributed by atoms with Crippen molar-refractivity contribution in [3.8, 4) is 0 Å². The summed E-state index contributed by atoms with van der Waals surface area (Å²) in [4.78, 5) is 11.4. The summed E-state index contributed by atoms with van der Waals surface area (Å²) in [5.41, 5.74) is 0. The molecule has 1 aromatic heterocycles. The molecular weight excluding hydrogens is 240 g/mol. The van der Waals surface area contributed by atoms with Crippen LogP contribution in [0.5, 0.6) is 0 Å². The van der Waals surface area contributed by atoms with Crippen LogP contribution in [0.2, 0.25) is 0 Å². The molecule has 1 atom stereocenters. The molecule has 7 heteroatoms. The molecule has 0 saturated carbocycles. The molecular formula is C10H18N4O2S. The van der Waals surface area contributed by atoms with E-state index >= 15 is 0 Å². The van der Waals surface area contributed by atoms with Crippen LogP contribution in [0.15, 0.2) is 0 Å². The molecule has 0 aliphatic rings. The van der Waals surface area contributed by atoms with Crippen LogP contribution in [0.1, 0.15) is 31.7 Å². The highest BCUT2D eigenvalue weighted by molar-refractivity contribution is 7.15. The highest BCUT2D eigenvalue weighted by Crippen LogP contribution is 2.14. The van der Waals surface area contributed by atoms with Gasteiger partial charge in [0.1, 0.15) is 5.01 Å². The fourth-order valence-corrected chi connectivity index (χ4v) is 1.91. The lowest BCUT2D eigenvalue weighted by Gasteiger charge is -2.10. The van der Waals surface area contributed by atoms with Gasteiger partial charge in [0, 0.05) is 6.54 Å². The number of aliphatic hydroxyl groups excluding tert-OH is 1. The van der Waals surface area contributed by atoms with E-state index in [9.17, 15) is 9.90 Å². The fraction of sp³-hybridized carbons (Fsp3) is 0.700. The molecule has 0 spiro atoms. The lowest BCUT2D eigenvalue weighted by Crippen LogP contribution is -2.35. The summed E-state index contributed by atoms with van der Waals surface area (Å²) < 4.78 is 0. The summed E-state index contributed by atoms with van der Waals surface area (Å²) in [6, 6.07) is -0.362. The van der Waals surface area contributed by atoms with E-state index in [0.29, 0.717) is 11.6 Å². The van der Waals surface area contributed by atoms with Gasteiger partial charge in [-0.2, -0.15) is 0 Å². The van der Waals surface area contributed by atoms with Crippen LogP contribution in [-0.4, -0.2) is 34.0 Å². The maximum atomic E-state index is 11.4. The number of anilines is 1. The van der Waals surface area contributed by atoms with Gasteiger partial charge in [-0.1, -0.05) is 31.6 Å². The van der Waals surface area contributed by atoms with Crippen molar-refractivity contribution < 1.29 is 9.90 Å². The van der Waals surface area contributed by atoms with Gasteiger partial charge in [0.25, 0.3) is 0 Å². The number of nitrogens with zero attached hydrogens (tertiary/aromatic N) is 2. The van der Waals surface area contributed by atoms with Crippen LogP contribution in [0.4, 0.5) is 9.93 Å². The predicted molar refractivity (Wildman–Crippen MR) is 67.2 cm³/mol. The number of hydrogen-bond donors (Lipinski definition) is 3. The fourth-order valence-electron chi connectivity index (χ4n) is 1.23. The standard InChI is InChI=1S/C10H18N4O2S/c1-3-5-7(15)6-11-9(16)12-10-14-13-8(4-2)17-10/h7,15H,3-6H2,1-2H3,(H2,11,12,14,16). The Bertz CT molecular complexity index is 356.